The Balaban J connectivity index is 2.31. The monoisotopic (exact) mass is 343 g/mol. The summed E-state index contributed by atoms with van der Waals surface area (Å²) < 4.78 is 5.18. The van der Waals surface area contributed by atoms with Crippen LogP contribution in [0.15, 0.2) is 18.2 Å². The van der Waals surface area contributed by atoms with Gasteiger partial charge in [0.15, 0.2) is 5.78 Å². The van der Waals surface area contributed by atoms with Crippen molar-refractivity contribution in [3.8, 4) is 5.75 Å². The van der Waals surface area contributed by atoms with Crippen LogP contribution in [0.3, 0.4) is 0 Å². The normalized spacial score (nSPS) is 10.3. The third kappa shape index (κ3) is 3.88. The minimum atomic E-state index is -0.368. The van der Waals surface area contributed by atoms with E-state index >= 15 is 0 Å². The van der Waals surface area contributed by atoms with Crippen molar-refractivity contribution in [2.24, 2.45) is 0 Å². The number of carbonyl (C=O) groups excluding carboxylic acids is 3. The lowest BCUT2D eigenvalue weighted by atomic mass is 10.1. The van der Waals surface area contributed by atoms with Crippen LogP contribution in [0.1, 0.15) is 46.0 Å². The molecule has 2 rings (SSSR count). The molecule has 0 spiro atoms. The number of aryl methyl sites for hydroxylation is 1. The van der Waals surface area contributed by atoms with E-state index in [0.29, 0.717) is 39.6 Å². The first-order chi connectivity index (χ1) is 11.7. The SMILES string of the molecule is COc1ccc(NC(=O)c2[nH]c(C)c(C(C)=O)c2C)cc1NC(C)=O. The average Bonchev–Trinajstić information content (AvgIpc) is 2.82. The zero-order chi connectivity index (χ0) is 18.7. The van der Waals surface area contributed by atoms with E-state index in [4.69, 9.17) is 4.74 Å². The molecule has 0 radical (unpaired) electrons. The van der Waals surface area contributed by atoms with Crippen LogP contribution in [0.25, 0.3) is 0 Å². The zero-order valence-electron chi connectivity index (χ0n) is 14.9. The van der Waals surface area contributed by atoms with Crippen LogP contribution in [-0.4, -0.2) is 29.7 Å². The van der Waals surface area contributed by atoms with Gasteiger partial charge >= 0.3 is 0 Å². The first-order valence-electron chi connectivity index (χ1n) is 7.71. The number of ether oxygens (including phenoxy) is 1. The Bertz CT molecular complexity index is 852. The number of ketones is 1. The lowest BCUT2D eigenvalue weighted by Crippen LogP contribution is -2.14. The van der Waals surface area contributed by atoms with Crippen LogP contribution in [0.4, 0.5) is 11.4 Å². The molecule has 2 aromatic rings. The number of methoxy groups -OCH3 is 1. The number of nitrogens with one attached hydrogen (secondary N) is 3. The number of aromatic nitrogens is 1. The van der Waals surface area contributed by atoms with Crippen LogP contribution in [0, 0.1) is 13.8 Å². The third-order valence-corrected chi connectivity index (χ3v) is 3.78. The third-order valence-electron chi connectivity index (χ3n) is 3.78. The molecule has 0 aliphatic heterocycles. The van der Waals surface area contributed by atoms with Crippen molar-refractivity contribution >= 4 is 29.0 Å². The van der Waals surface area contributed by atoms with E-state index in [1.165, 1.54) is 21.0 Å². The van der Waals surface area contributed by atoms with Gasteiger partial charge in [-0.25, -0.2) is 0 Å². The highest BCUT2D eigenvalue weighted by Gasteiger charge is 2.20. The number of carbonyl (C=O) groups is 3. The first-order valence-corrected chi connectivity index (χ1v) is 7.71. The number of amides is 2. The van der Waals surface area contributed by atoms with Gasteiger partial charge in [-0.15, -0.1) is 0 Å². The highest BCUT2D eigenvalue weighted by Crippen LogP contribution is 2.28. The molecule has 0 unspecified atom stereocenters. The van der Waals surface area contributed by atoms with Gasteiger partial charge < -0.3 is 20.4 Å². The van der Waals surface area contributed by atoms with Crippen molar-refractivity contribution in [1.82, 2.24) is 4.98 Å². The van der Waals surface area contributed by atoms with Crippen molar-refractivity contribution in [2.45, 2.75) is 27.7 Å². The fraction of sp³-hybridized carbons (Fsp3) is 0.278. The van der Waals surface area contributed by atoms with Crippen molar-refractivity contribution in [3.63, 3.8) is 0 Å². The number of rotatable bonds is 5. The van der Waals surface area contributed by atoms with E-state index < -0.39 is 0 Å². The van der Waals surface area contributed by atoms with Crippen LogP contribution in [0.5, 0.6) is 5.75 Å². The second kappa shape index (κ2) is 7.21. The second-order valence-corrected chi connectivity index (χ2v) is 5.73. The van der Waals surface area contributed by atoms with E-state index in [0.717, 1.165) is 0 Å². The van der Waals surface area contributed by atoms with Crippen molar-refractivity contribution < 1.29 is 19.1 Å². The molecule has 1 aromatic carbocycles. The van der Waals surface area contributed by atoms with Crippen molar-refractivity contribution in [1.29, 1.82) is 0 Å². The molecule has 7 nitrogen and oxygen atoms in total. The lowest BCUT2D eigenvalue weighted by molar-refractivity contribution is -0.114. The number of hydrogen-bond acceptors (Lipinski definition) is 4. The lowest BCUT2D eigenvalue weighted by Gasteiger charge is -2.12. The van der Waals surface area contributed by atoms with Crippen LogP contribution in [0.2, 0.25) is 0 Å². The van der Waals surface area contributed by atoms with Gasteiger partial charge in [-0.05, 0) is 44.5 Å². The molecule has 0 saturated carbocycles. The van der Waals surface area contributed by atoms with Gasteiger partial charge in [0.25, 0.3) is 5.91 Å². The molecule has 7 heteroatoms. The largest absolute Gasteiger partial charge is 0.495 e. The van der Waals surface area contributed by atoms with E-state index in [1.807, 2.05) is 0 Å². The summed E-state index contributed by atoms with van der Waals surface area (Å²) >= 11 is 0. The zero-order valence-corrected chi connectivity index (χ0v) is 14.9. The van der Waals surface area contributed by atoms with E-state index in [2.05, 4.69) is 15.6 Å². The minimum absolute atomic E-state index is 0.0947. The topological polar surface area (TPSA) is 100 Å². The number of aromatic amines is 1. The van der Waals surface area contributed by atoms with Crippen LogP contribution in [-0.2, 0) is 4.79 Å². The maximum absolute atomic E-state index is 12.5. The molecule has 2 amide bonds. The molecule has 25 heavy (non-hydrogen) atoms. The van der Waals surface area contributed by atoms with E-state index in [-0.39, 0.29) is 17.6 Å². The van der Waals surface area contributed by atoms with Gasteiger partial charge in [0.2, 0.25) is 5.91 Å². The molecule has 0 atom stereocenters. The highest BCUT2D eigenvalue weighted by molar-refractivity contribution is 6.08. The summed E-state index contributed by atoms with van der Waals surface area (Å²) in [6, 6.07) is 4.92. The number of H-pyrrole nitrogens is 1. The van der Waals surface area contributed by atoms with Gasteiger partial charge in [-0.2, -0.15) is 0 Å². The quantitative estimate of drug-likeness (QED) is 0.726. The van der Waals surface area contributed by atoms with Crippen LogP contribution < -0.4 is 15.4 Å². The number of Topliss-reactive ketones (excluding diaryl/α,β-unsaturated/α-hetero) is 1. The highest BCUT2D eigenvalue weighted by atomic mass is 16.5. The standard InChI is InChI=1S/C18H21N3O4/c1-9-16(11(3)22)10(2)19-17(9)18(24)21-13-6-7-15(25-5)14(8-13)20-12(4)23/h6-8,19H,1-5H3,(H,20,23)(H,21,24). The summed E-state index contributed by atoms with van der Waals surface area (Å²) in [6.07, 6.45) is 0. The van der Waals surface area contributed by atoms with Crippen LogP contribution >= 0.6 is 0 Å². The fourth-order valence-corrected chi connectivity index (χ4v) is 2.77. The summed E-state index contributed by atoms with van der Waals surface area (Å²) in [4.78, 5) is 38.5. The predicted octanol–water partition coefficient (Wildman–Crippen LogP) is 3.05. The Morgan fingerprint density at radius 1 is 1.08 bits per heavy atom. The number of benzene rings is 1. The van der Waals surface area contributed by atoms with E-state index in [1.54, 1.807) is 32.0 Å². The molecule has 132 valence electrons. The Morgan fingerprint density at radius 3 is 2.28 bits per heavy atom. The summed E-state index contributed by atoms with van der Waals surface area (Å²) in [6.45, 7) is 6.34. The number of hydrogen-bond donors (Lipinski definition) is 3. The molecule has 1 heterocycles. The second-order valence-electron chi connectivity index (χ2n) is 5.73. The summed E-state index contributed by atoms with van der Waals surface area (Å²) in [5.41, 5.74) is 3.07. The Kier molecular flexibility index (Phi) is 5.26. The summed E-state index contributed by atoms with van der Waals surface area (Å²) in [5.74, 6) is -0.225. The average molecular weight is 343 g/mol. The summed E-state index contributed by atoms with van der Waals surface area (Å²) in [7, 11) is 1.49. The Morgan fingerprint density at radius 2 is 1.76 bits per heavy atom. The van der Waals surface area contributed by atoms with Crippen molar-refractivity contribution in [3.05, 3.63) is 40.7 Å². The molecule has 0 bridgehead atoms. The first kappa shape index (κ1) is 18.3. The van der Waals surface area contributed by atoms with Gasteiger partial charge in [-0.3, -0.25) is 14.4 Å². The van der Waals surface area contributed by atoms with Crippen molar-refractivity contribution in [2.75, 3.05) is 17.7 Å². The van der Waals surface area contributed by atoms with Gasteiger partial charge in [0.05, 0.1) is 12.8 Å². The molecule has 0 saturated heterocycles. The molecular formula is C18H21N3O4. The Labute approximate surface area is 145 Å². The van der Waals surface area contributed by atoms with Gasteiger partial charge in [-0.1, -0.05) is 0 Å². The summed E-state index contributed by atoms with van der Waals surface area (Å²) in [5, 5.41) is 5.40. The van der Waals surface area contributed by atoms with Gasteiger partial charge in [0.1, 0.15) is 11.4 Å². The molecule has 0 aliphatic rings. The molecule has 3 N–H and O–H groups in total. The van der Waals surface area contributed by atoms with E-state index in [9.17, 15) is 14.4 Å². The maximum Gasteiger partial charge on any atom is 0.272 e. The predicted molar refractivity (Wildman–Crippen MR) is 95.5 cm³/mol. The molecule has 0 aliphatic carbocycles. The molecule has 0 fully saturated rings. The molecule has 1 aromatic heterocycles. The smallest absolute Gasteiger partial charge is 0.272 e. The fourth-order valence-electron chi connectivity index (χ4n) is 2.77. The maximum atomic E-state index is 12.5. The minimum Gasteiger partial charge on any atom is -0.495 e. The molecular weight excluding hydrogens is 322 g/mol. The Hall–Kier alpha value is -3.09. The van der Waals surface area contributed by atoms with Gasteiger partial charge in [0, 0.05) is 23.9 Å². The number of anilines is 2.